The van der Waals surface area contributed by atoms with Crippen LogP contribution in [0.2, 0.25) is 0 Å². The number of hydrogen-bond donors (Lipinski definition) is 0. The molecule has 3 atom stereocenters. The molecule has 0 radical (unpaired) electrons. The average molecular weight is 365 g/mol. The van der Waals surface area contributed by atoms with Crippen molar-refractivity contribution in [3.63, 3.8) is 0 Å². The van der Waals surface area contributed by atoms with Crippen molar-refractivity contribution in [3.05, 3.63) is 0 Å². The van der Waals surface area contributed by atoms with Gasteiger partial charge in [0, 0.05) is 5.92 Å². The minimum Gasteiger partial charge on any atom is -0.460 e. The molecule has 0 aromatic heterocycles. The lowest BCUT2D eigenvalue weighted by molar-refractivity contribution is -0.220. The van der Waals surface area contributed by atoms with E-state index in [0.717, 1.165) is 19.3 Å². The van der Waals surface area contributed by atoms with E-state index in [2.05, 4.69) is 0 Å². The largest absolute Gasteiger partial charge is 0.460 e. The molecule has 0 aliphatic heterocycles. The summed E-state index contributed by atoms with van der Waals surface area (Å²) in [4.78, 5) is 25.5. The van der Waals surface area contributed by atoms with Gasteiger partial charge in [0.2, 0.25) is 0 Å². The van der Waals surface area contributed by atoms with Gasteiger partial charge >= 0.3 is 11.9 Å². The molecule has 4 aliphatic rings. The van der Waals surface area contributed by atoms with Crippen LogP contribution in [0, 0.1) is 29.1 Å². The van der Waals surface area contributed by atoms with Crippen LogP contribution in [0.15, 0.2) is 0 Å². The molecule has 4 saturated carbocycles. The van der Waals surface area contributed by atoms with Crippen molar-refractivity contribution in [3.8, 4) is 0 Å². The summed E-state index contributed by atoms with van der Waals surface area (Å²) in [6.45, 7) is 11.7. The highest BCUT2D eigenvalue weighted by molar-refractivity contribution is 5.76. The third-order valence-corrected chi connectivity index (χ3v) is 6.99. The van der Waals surface area contributed by atoms with Crippen LogP contribution in [-0.4, -0.2) is 23.1 Å². The van der Waals surface area contributed by atoms with Gasteiger partial charge in [-0.2, -0.15) is 0 Å². The first kappa shape index (κ1) is 19.7. The highest BCUT2D eigenvalue weighted by Crippen LogP contribution is 2.61. The Bertz CT molecular complexity index is 557. The number of ether oxygens (including phenoxy) is 2. The molecule has 4 fully saturated rings. The first-order valence-corrected chi connectivity index (χ1v) is 10.4. The third kappa shape index (κ3) is 3.80. The minimum atomic E-state index is -0.475. The monoisotopic (exact) mass is 364 g/mol. The summed E-state index contributed by atoms with van der Waals surface area (Å²) in [5.41, 5.74) is -1.40. The molecule has 0 amide bonds. The van der Waals surface area contributed by atoms with Gasteiger partial charge in [0.05, 0.1) is 11.8 Å². The molecule has 0 N–H and O–H groups in total. The van der Waals surface area contributed by atoms with Crippen LogP contribution in [0.4, 0.5) is 0 Å². The van der Waals surface area contributed by atoms with E-state index in [1.54, 1.807) is 0 Å². The van der Waals surface area contributed by atoms with Crippen molar-refractivity contribution in [2.75, 3.05) is 0 Å². The van der Waals surface area contributed by atoms with E-state index in [-0.39, 0.29) is 17.9 Å². The van der Waals surface area contributed by atoms with Gasteiger partial charge in [0.25, 0.3) is 0 Å². The fraction of sp³-hybridized carbons (Fsp3) is 0.909. The van der Waals surface area contributed by atoms with Crippen molar-refractivity contribution in [1.29, 1.82) is 0 Å². The smallest absolute Gasteiger partial charge is 0.312 e. The second-order valence-electron chi connectivity index (χ2n) is 10.7. The summed E-state index contributed by atoms with van der Waals surface area (Å²) in [5, 5.41) is 0. The lowest BCUT2D eigenvalue weighted by Crippen LogP contribution is -2.60. The normalized spacial score (nSPS) is 36.1. The fourth-order valence-electron chi connectivity index (χ4n) is 5.61. The number of rotatable bonds is 5. The molecule has 148 valence electrons. The Balaban J connectivity index is 1.81. The van der Waals surface area contributed by atoms with Gasteiger partial charge < -0.3 is 9.47 Å². The van der Waals surface area contributed by atoms with Crippen LogP contribution in [0.5, 0.6) is 0 Å². The molecule has 4 heteroatoms. The van der Waals surface area contributed by atoms with Gasteiger partial charge in [-0.1, -0.05) is 6.92 Å². The molecule has 4 aliphatic carbocycles. The van der Waals surface area contributed by atoms with Crippen LogP contribution in [0.25, 0.3) is 0 Å². The number of hydrogen-bond acceptors (Lipinski definition) is 4. The summed E-state index contributed by atoms with van der Waals surface area (Å²) < 4.78 is 11.9. The Morgan fingerprint density at radius 2 is 1.58 bits per heavy atom. The van der Waals surface area contributed by atoms with Crippen LogP contribution < -0.4 is 0 Å². The maximum absolute atomic E-state index is 12.9. The Morgan fingerprint density at radius 3 is 2.08 bits per heavy atom. The van der Waals surface area contributed by atoms with E-state index in [4.69, 9.17) is 9.47 Å². The van der Waals surface area contributed by atoms with Gasteiger partial charge in [-0.25, -0.2) is 0 Å². The Labute approximate surface area is 158 Å². The van der Waals surface area contributed by atoms with Crippen molar-refractivity contribution in [1.82, 2.24) is 0 Å². The lowest BCUT2D eigenvalue weighted by atomic mass is 9.49. The molecule has 0 spiro atoms. The highest BCUT2D eigenvalue weighted by Gasteiger charge is 2.60. The zero-order chi connectivity index (χ0) is 19.3. The summed E-state index contributed by atoms with van der Waals surface area (Å²) in [6, 6.07) is 0. The van der Waals surface area contributed by atoms with E-state index in [1.807, 2.05) is 41.5 Å². The maximum Gasteiger partial charge on any atom is 0.312 e. The van der Waals surface area contributed by atoms with Gasteiger partial charge in [-0.15, -0.1) is 0 Å². The van der Waals surface area contributed by atoms with Gasteiger partial charge in [-0.3, -0.25) is 9.59 Å². The third-order valence-electron chi connectivity index (χ3n) is 6.99. The van der Waals surface area contributed by atoms with Crippen molar-refractivity contribution >= 4 is 11.9 Å². The molecule has 0 saturated heterocycles. The number of carbonyl (C=O) groups is 2. The average Bonchev–Trinajstić information content (AvgIpc) is 2.48. The molecule has 0 heterocycles. The Morgan fingerprint density at radius 1 is 1.00 bits per heavy atom. The van der Waals surface area contributed by atoms with E-state index < -0.39 is 16.6 Å². The maximum atomic E-state index is 12.9. The topological polar surface area (TPSA) is 52.6 Å². The van der Waals surface area contributed by atoms with Crippen molar-refractivity contribution < 1.29 is 19.1 Å². The molecule has 26 heavy (non-hydrogen) atoms. The predicted octanol–water partition coefficient (Wildman–Crippen LogP) is 4.89. The van der Waals surface area contributed by atoms with Gasteiger partial charge in [0.1, 0.15) is 11.2 Å². The molecular formula is C22H36O4. The Hall–Kier alpha value is -1.06. The molecule has 3 unspecified atom stereocenters. The second kappa shape index (κ2) is 6.53. The van der Waals surface area contributed by atoms with Gasteiger partial charge in [-0.05, 0) is 90.9 Å². The lowest BCUT2D eigenvalue weighted by Gasteiger charge is -2.60. The Kier molecular flexibility index (Phi) is 4.94. The van der Waals surface area contributed by atoms with Crippen LogP contribution in [0.3, 0.4) is 0 Å². The first-order chi connectivity index (χ1) is 11.9. The molecule has 4 bridgehead atoms. The molecular weight excluding hydrogens is 328 g/mol. The van der Waals surface area contributed by atoms with E-state index >= 15 is 0 Å². The summed E-state index contributed by atoms with van der Waals surface area (Å²) >= 11 is 0. The molecule has 0 aromatic rings. The fourth-order valence-corrected chi connectivity index (χ4v) is 5.61. The van der Waals surface area contributed by atoms with Crippen LogP contribution in [0.1, 0.15) is 86.5 Å². The van der Waals surface area contributed by atoms with Crippen LogP contribution >= 0.6 is 0 Å². The minimum absolute atomic E-state index is 0.101. The van der Waals surface area contributed by atoms with Crippen LogP contribution in [-0.2, 0) is 19.1 Å². The molecule has 4 nitrogen and oxygen atoms in total. The van der Waals surface area contributed by atoms with Crippen molar-refractivity contribution in [2.24, 2.45) is 29.1 Å². The molecule has 0 aromatic carbocycles. The van der Waals surface area contributed by atoms with E-state index in [0.29, 0.717) is 24.2 Å². The van der Waals surface area contributed by atoms with E-state index in [9.17, 15) is 9.59 Å². The highest BCUT2D eigenvalue weighted by atomic mass is 16.6. The zero-order valence-electron chi connectivity index (χ0n) is 17.4. The summed E-state index contributed by atoms with van der Waals surface area (Å²) in [7, 11) is 0. The second-order valence-corrected chi connectivity index (χ2v) is 10.7. The SMILES string of the molecule is CCC(C)(C)C(=O)OC12CC3CC(CC(C3)C1CC(=O)OC(C)(C)C)C2. The summed E-state index contributed by atoms with van der Waals surface area (Å²) in [6.07, 6.45) is 6.63. The predicted molar refractivity (Wildman–Crippen MR) is 100 cm³/mol. The molecule has 4 rings (SSSR count). The number of esters is 2. The van der Waals surface area contributed by atoms with Crippen molar-refractivity contribution in [2.45, 2.75) is 97.7 Å². The first-order valence-electron chi connectivity index (χ1n) is 10.4. The number of carbonyl (C=O) groups excluding carboxylic acids is 2. The standard InChI is InChI=1S/C22H36O4/c1-7-21(5,6)19(24)26-22-12-14-8-15(13-22)10-16(9-14)17(22)11-18(23)25-20(2,3)4/h14-17H,7-13H2,1-6H3. The zero-order valence-corrected chi connectivity index (χ0v) is 17.4. The quantitative estimate of drug-likeness (QED) is 0.652. The van der Waals surface area contributed by atoms with E-state index in [1.165, 1.54) is 19.3 Å². The summed E-state index contributed by atoms with van der Waals surface area (Å²) in [5.74, 6) is 1.66. The van der Waals surface area contributed by atoms with Gasteiger partial charge in [0.15, 0.2) is 0 Å².